The Hall–Kier alpha value is -3.14. The molecule has 2 saturated heterocycles. The second-order valence-corrected chi connectivity index (χ2v) is 6.65. The first-order chi connectivity index (χ1) is 12.3. The van der Waals surface area contributed by atoms with Gasteiger partial charge in [0, 0.05) is 44.0 Å². The second kappa shape index (κ2) is 5.45. The molecule has 0 spiro atoms. The summed E-state index contributed by atoms with van der Waals surface area (Å²) in [6.45, 7) is 2.99. The van der Waals surface area contributed by atoms with E-state index in [2.05, 4.69) is 26.0 Å². The highest BCUT2D eigenvalue weighted by atomic mass is 15.3. The molecule has 2 atom stereocenters. The van der Waals surface area contributed by atoms with Crippen molar-refractivity contribution in [3.05, 3.63) is 48.4 Å². The highest BCUT2D eigenvalue weighted by Gasteiger charge is 2.42. The fourth-order valence-corrected chi connectivity index (χ4v) is 4.03. The zero-order chi connectivity index (χ0) is 16.8. The van der Waals surface area contributed by atoms with Crippen molar-refractivity contribution in [2.75, 3.05) is 29.4 Å². The quantitative estimate of drug-likeness (QED) is 0.712. The number of anilines is 2. The summed E-state index contributed by atoms with van der Waals surface area (Å²) in [5.74, 6) is 2.60. The minimum atomic E-state index is 0.454. The molecule has 2 fully saturated rings. The third-order valence-corrected chi connectivity index (χ3v) is 5.29. The number of hydrogen-bond acceptors (Lipinski definition) is 6. The van der Waals surface area contributed by atoms with E-state index in [-0.39, 0.29) is 0 Å². The molecular formula is C18H17N7. The van der Waals surface area contributed by atoms with Gasteiger partial charge in [0.15, 0.2) is 5.65 Å². The zero-order valence-corrected chi connectivity index (χ0v) is 13.7. The van der Waals surface area contributed by atoms with E-state index >= 15 is 0 Å². The monoisotopic (exact) mass is 331 g/mol. The molecule has 0 bridgehead atoms. The van der Waals surface area contributed by atoms with E-state index in [1.54, 1.807) is 16.9 Å². The maximum absolute atomic E-state index is 8.92. The van der Waals surface area contributed by atoms with Crippen molar-refractivity contribution in [3.63, 3.8) is 0 Å². The molecule has 7 heteroatoms. The van der Waals surface area contributed by atoms with Gasteiger partial charge in [0.25, 0.3) is 0 Å². The van der Waals surface area contributed by atoms with E-state index in [0.717, 1.165) is 36.9 Å². The van der Waals surface area contributed by atoms with Crippen LogP contribution in [0.25, 0.3) is 5.65 Å². The minimum absolute atomic E-state index is 0.454. The summed E-state index contributed by atoms with van der Waals surface area (Å²) in [5, 5.41) is 13.1. The molecule has 0 amide bonds. The van der Waals surface area contributed by atoms with Crippen LogP contribution < -0.4 is 9.80 Å². The average Bonchev–Trinajstić information content (AvgIpc) is 3.36. The van der Waals surface area contributed by atoms with Gasteiger partial charge in [0.1, 0.15) is 17.7 Å². The first-order valence-corrected chi connectivity index (χ1v) is 8.50. The molecule has 0 saturated carbocycles. The largest absolute Gasteiger partial charge is 0.354 e. The molecule has 0 N–H and O–H groups in total. The van der Waals surface area contributed by atoms with Crippen LogP contribution in [0.4, 0.5) is 11.6 Å². The number of rotatable bonds is 2. The van der Waals surface area contributed by atoms with Crippen LogP contribution in [0.3, 0.4) is 0 Å². The first-order valence-electron chi connectivity index (χ1n) is 8.50. The van der Waals surface area contributed by atoms with Crippen molar-refractivity contribution in [2.45, 2.75) is 12.5 Å². The lowest BCUT2D eigenvalue weighted by molar-refractivity contribution is 0.579. The van der Waals surface area contributed by atoms with Crippen LogP contribution in [0.1, 0.15) is 12.0 Å². The van der Waals surface area contributed by atoms with E-state index < -0.39 is 0 Å². The smallest absolute Gasteiger partial charge is 0.157 e. The number of pyridine rings is 1. The van der Waals surface area contributed by atoms with E-state index in [1.165, 1.54) is 6.42 Å². The Morgan fingerprint density at radius 3 is 2.92 bits per heavy atom. The standard InChI is InChI=1S/C18H17N7/c19-9-13-1-2-16(20-10-13)23-11-14-4-7-24(15(14)12-23)17-5-8-25-18(22-17)3-6-21-25/h1-3,5-6,8,10,14-15H,4,7,11-12H2. The molecule has 2 unspecified atom stereocenters. The molecule has 124 valence electrons. The van der Waals surface area contributed by atoms with E-state index in [4.69, 9.17) is 10.2 Å². The number of aromatic nitrogens is 4. The molecule has 0 radical (unpaired) electrons. The summed E-state index contributed by atoms with van der Waals surface area (Å²) in [7, 11) is 0. The van der Waals surface area contributed by atoms with Gasteiger partial charge in [-0.25, -0.2) is 14.5 Å². The molecular weight excluding hydrogens is 314 g/mol. The van der Waals surface area contributed by atoms with E-state index in [9.17, 15) is 0 Å². The van der Waals surface area contributed by atoms with Gasteiger partial charge in [-0.15, -0.1) is 0 Å². The van der Waals surface area contributed by atoms with Crippen molar-refractivity contribution in [1.82, 2.24) is 19.6 Å². The lowest BCUT2D eigenvalue weighted by Crippen LogP contribution is -2.36. The Kier molecular flexibility index (Phi) is 3.10. The van der Waals surface area contributed by atoms with Crippen LogP contribution in [-0.2, 0) is 0 Å². The normalized spacial score (nSPS) is 22.4. The number of fused-ring (bicyclic) bond motifs is 2. The van der Waals surface area contributed by atoms with E-state index in [0.29, 0.717) is 17.5 Å². The highest BCUT2D eigenvalue weighted by molar-refractivity contribution is 5.52. The Morgan fingerprint density at radius 1 is 1.12 bits per heavy atom. The van der Waals surface area contributed by atoms with Crippen LogP contribution in [0, 0.1) is 17.2 Å². The molecule has 2 aliphatic heterocycles. The summed E-state index contributed by atoms with van der Waals surface area (Å²) in [6, 6.07) is 10.3. The topological polar surface area (TPSA) is 73.4 Å². The highest BCUT2D eigenvalue weighted by Crippen LogP contribution is 2.35. The fourth-order valence-electron chi connectivity index (χ4n) is 4.03. The van der Waals surface area contributed by atoms with Crippen LogP contribution in [0.5, 0.6) is 0 Å². The predicted octanol–water partition coefficient (Wildman–Crippen LogP) is 1.71. The lowest BCUT2D eigenvalue weighted by Gasteiger charge is -2.26. The van der Waals surface area contributed by atoms with Crippen LogP contribution >= 0.6 is 0 Å². The summed E-state index contributed by atoms with van der Waals surface area (Å²) < 4.78 is 1.79. The molecule has 5 heterocycles. The maximum Gasteiger partial charge on any atom is 0.157 e. The minimum Gasteiger partial charge on any atom is -0.354 e. The zero-order valence-electron chi connectivity index (χ0n) is 13.7. The molecule has 2 aliphatic rings. The van der Waals surface area contributed by atoms with Gasteiger partial charge in [-0.1, -0.05) is 0 Å². The van der Waals surface area contributed by atoms with Crippen LogP contribution in [-0.4, -0.2) is 45.3 Å². The van der Waals surface area contributed by atoms with Crippen molar-refractivity contribution in [3.8, 4) is 6.07 Å². The summed E-state index contributed by atoms with van der Waals surface area (Å²) >= 11 is 0. The van der Waals surface area contributed by atoms with Crippen molar-refractivity contribution in [2.24, 2.45) is 5.92 Å². The van der Waals surface area contributed by atoms with E-state index in [1.807, 2.05) is 30.5 Å². The van der Waals surface area contributed by atoms with Gasteiger partial charge in [-0.05, 0) is 24.6 Å². The third-order valence-electron chi connectivity index (χ3n) is 5.29. The van der Waals surface area contributed by atoms with Gasteiger partial charge < -0.3 is 9.80 Å². The third kappa shape index (κ3) is 2.30. The van der Waals surface area contributed by atoms with Gasteiger partial charge in [0.2, 0.25) is 0 Å². The van der Waals surface area contributed by atoms with Gasteiger partial charge in [-0.2, -0.15) is 10.4 Å². The molecule has 0 aliphatic carbocycles. The molecule has 0 aromatic carbocycles. The molecule has 3 aromatic heterocycles. The molecule has 25 heavy (non-hydrogen) atoms. The fraction of sp³-hybridized carbons (Fsp3) is 0.333. The van der Waals surface area contributed by atoms with Crippen molar-refractivity contribution >= 4 is 17.3 Å². The number of hydrogen-bond donors (Lipinski definition) is 0. The lowest BCUT2D eigenvalue weighted by atomic mass is 10.1. The maximum atomic E-state index is 8.92. The molecule has 3 aromatic rings. The molecule has 5 rings (SSSR count). The summed E-state index contributed by atoms with van der Waals surface area (Å²) in [6.07, 6.45) is 6.56. The van der Waals surface area contributed by atoms with Crippen molar-refractivity contribution < 1.29 is 0 Å². The second-order valence-electron chi connectivity index (χ2n) is 6.65. The van der Waals surface area contributed by atoms with Crippen LogP contribution in [0.2, 0.25) is 0 Å². The number of nitrogens with zero attached hydrogens (tertiary/aromatic N) is 7. The van der Waals surface area contributed by atoms with Crippen LogP contribution in [0.15, 0.2) is 42.9 Å². The Bertz CT molecular complexity index is 955. The van der Waals surface area contributed by atoms with Crippen molar-refractivity contribution in [1.29, 1.82) is 5.26 Å². The predicted molar refractivity (Wildman–Crippen MR) is 93.4 cm³/mol. The van der Waals surface area contributed by atoms with Gasteiger partial charge >= 0.3 is 0 Å². The first kappa shape index (κ1) is 14.2. The Balaban J connectivity index is 1.39. The molecule has 7 nitrogen and oxygen atoms in total. The number of nitriles is 1. The Labute approximate surface area is 145 Å². The Morgan fingerprint density at radius 2 is 2.08 bits per heavy atom. The summed E-state index contributed by atoms with van der Waals surface area (Å²) in [4.78, 5) is 13.9. The van der Waals surface area contributed by atoms with Gasteiger partial charge in [-0.3, -0.25) is 0 Å². The average molecular weight is 331 g/mol. The van der Waals surface area contributed by atoms with Gasteiger partial charge in [0.05, 0.1) is 17.8 Å². The summed E-state index contributed by atoms with van der Waals surface area (Å²) in [5.41, 5.74) is 1.48. The SMILES string of the molecule is N#Cc1ccc(N2CC3CCN(c4ccn5nccc5n4)C3C2)nc1.